The molecule has 1 aliphatic rings. The van der Waals surface area contributed by atoms with Crippen molar-refractivity contribution in [1.29, 1.82) is 0 Å². The second-order valence-corrected chi connectivity index (χ2v) is 4.81. The molecule has 20 heavy (non-hydrogen) atoms. The normalized spacial score (nSPS) is 16.3. The van der Waals surface area contributed by atoms with Gasteiger partial charge in [-0.25, -0.2) is 4.79 Å². The molecule has 1 aromatic rings. The summed E-state index contributed by atoms with van der Waals surface area (Å²) in [5.41, 5.74) is 0.768. The van der Waals surface area contributed by atoms with Crippen LogP contribution < -0.4 is 9.47 Å². The van der Waals surface area contributed by atoms with Gasteiger partial charge >= 0.3 is 5.97 Å². The number of ketones is 1. The Kier molecular flexibility index (Phi) is 4.18. The van der Waals surface area contributed by atoms with Crippen molar-refractivity contribution >= 4 is 23.4 Å². The zero-order chi connectivity index (χ0) is 14.9. The van der Waals surface area contributed by atoms with E-state index >= 15 is 0 Å². The van der Waals surface area contributed by atoms with Gasteiger partial charge in [0.1, 0.15) is 6.10 Å². The van der Waals surface area contributed by atoms with Gasteiger partial charge in [0, 0.05) is 12.0 Å². The van der Waals surface area contributed by atoms with Crippen LogP contribution in [0.2, 0.25) is 5.02 Å². The highest BCUT2D eigenvalue weighted by atomic mass is 35.5. The number of hydrogen-bond donors (Lipinski definition) is 0. The van der Waals surface area contributed by atoms with Crippen molar-refractivity contribution in [1.82, 2.24) is 0 Å². The monoisotopic (exact) mass is 298 g/mol. The highest BCUT2D eigenvalue weighted by Crippen LogP contribution is 2.44. The van der Waals surface area contributed by atoms with E-state index in [1.165, 1.54) is 13.2 Å². The number of esters is 1. The van der Waals surface area contributed by atoms with Crippen LogP contribution in [0.1, 0.15) is 29.8 Å². The van der Waals surface area contributed by atoms with Gasteiger partial charge in [-0.2, -0.15) is 0 Å². The summed E-state index contributed by atoms with van der Waals surface area (Å²) in [6, 6.07) is 1.42. The third-order valence-corrected chi connectivity index (χ3v) is 3.44. The highest BCUT2D eigenvalue weighted by molar-refractivity contribution is 6.46. The molecule has 2 rings (SSSR count). The molecule has 0 saturated heterocycles. The molecule has 5 nitrogen and oxygen atoms in total. The minimum absolute atomic E-state index is 0.0515. The zero-order valence-electron chi connectivity index (χ0n) is 11.5. The maximum atomic E-state index is 12.0. The van der Waals surface area contributed by atoms with Crippen LogP contribution in [0.5, 0.6) is 11.5 Å². The van der Waals surface area contributed by atoms with Crippen LogP contribution in [0.3, 0.4) is 0 Å². The van der Waals surface area contributed by atoms with Gasteiger partial charge in [-0.3, -0.25) is 4.79 Å². The van der Waals surface area contributed by atoms with Gasteiger partial charge in [0.05, 0.1) is 24.3 Å². The van der Waals surface area contributed by atoms with Gasteiger partial charge in [0.25, 0.3) is 5.78 Å². The third-order valence-electron chi connectivity index (χ3n) is 3.01. The van der Waals surface area contributed by atoms with Crippen LogP contribution >= 0.6 is 11.6 Å². The smallest absolute Gasteiger partial charge is 0.379 e. The lowest BCUT2D eigenvalue weighted by Gasteiger charge is -2.11. The van der Waals surface area contributed by atoms with Crippen molar-refractivity contribution in [3.05, 3.63) is 22.2 Å². The van der Waals surface area contributed by atoms with E-state index in [1.807, 2.05) is 6.92 Å². The van der Waals surface area contributed by atoms with Gasteiger partial charge in [0.15, 0.2) is 11.5 Å². The van der Waals surface area contributed by atoms with Crippen molar-refractivity contribution in [3.63, 3.8) is 0 Å². The van der Waals surface area contributed by atoms with Gasteiger partial charge in [0.2, 0.25) is 0 Å². The molecule has 0 radical (unpaired) electrons. The maximum absolute atomic E-state index is 12.0. The van der Waals surface area contributed by atoms with E-state index < -0.39 is 11.8 Å². The van der Waals surface area contributed by atoms with E-state index in [9.17, 15) is 9.59 Å². The lowest BCUT2D eigenvalue weighted by atomic mass is 10.0. The number of carbonyl (C=O) groups excluding carboxylic acids is 2. The Morgan fingerprint density at radius 1 is 1.50 bits per heavy atom. The number of rotatable bonds is 4. The molecule has 1 atom stereocenters. The number of halogens is 1. The lowest BCUT2D eigenvalue weighted by Crippen LogP contribution is -2.18. The molecule has 0 aromatic heterocycles. The van der Waals surface area contributed by atoms with Gasteiger partial charge in [-0.1, -0.05) is 11.6 Å². The second-order valence-electron chi connectivity index (χ2n) is 4.43. The number of ether oxygens (including phenoxy) is 3. The number of carbonyl (C=O) groups is 2. The number of fused-ring (bicyclic) bond motifs is 1. The van der Waals surface area contributed by atoms with Crippen molar-refractivity contribution in [2.45, 2.75) is 26.4 Å². The minimum Gasteiger partial charge on any atom is -0.493 e. The topological polar surface area (TPSA) is 61.8 Å². The first-order chi connectivity index (χ1) is 9.49. The molecule has 0 fully saturated rings. The minimum atomic E-state index is -0.927. The molecule has 1 unspecified atom stereocenters. The van der Waals surface area contributed by atoms with E-state index in [-0.39, 0.29) is 23.3 Å². The van der Waals surface area contributed by atoms with E-state index in [0.29, 0.717) is 23.5 Å². The van der Waals surface area contributed by atoms with Gasteiger partial charge < -0.3 is 14.2 Å². The number of benzene rings is 1. The van der Waals surface area contributed by atoms with Crippen LogP contribution in [-0.4, -0.2) is 31.6 Å². The van der Waals surface area contributed by atoms with Gasteiger partial charge in [-0.05, 0) is 19.9 Å². The molecule has 0 bridgehead atoms. The average molecular weight is 299 g/mol. The first-order valence-corrected chi connectivity index (χ1v) is 6.64. The number of Topliss-reactive ketones (excluding diaryl/α,β-unsaturated/α-hetero) is 1. The average Bonchev–Trinajstić information content (AvgIpc) is 2.81. The predicted molar refractivity (Wildman–Crippen MR) is 72.8 cm³/mol. The van der Waals surface area contributed by atoms with Crippen molar-refractivity contribution in [2.75, 3.05) is 13.7 Å². The summed E-state index contributed by atoms with van der Waals surface area (Å²) >= 11 is 6.22. The fraction of sp³-hybridized carbons (Fsp3) is 0.429. The summed E-state index contributed by atoms with van der Waals surface area (Å²) in [7, 11) is 1.47. The maximum Gasteiger partial charge on any atom is 0.379 e. The number of methoxy groups -OCH3 is 1. The summed E-state index contributed by atoms with van der Waals surface area (Å²) in [4.78, 5) is 23.6. The Hall–Kier alpha value is -1.75. The molecule has 1 aliphatic heterocycles. The summed E-state index contributed by atoms with van der Waals surface area (Å²) in [5, 5.41) is 0.225. The van der Waals surface area contributed by atoms with Gasteiger partial charge in [-0.15, -0.1) is 0 Å². The predicted octanol–water partition coefficient (Wildman–Crippen LogP) is 2.42. The Morgan fingerprint density at radius 2 is 2.20 bits per heavy atom. The molecule has 0 saturated carbocycles. The van der Waals surface area contributed by atoms with Crippen LogP contribution in [-0.2, 0) is 16.0 Å². The summed E-state index contributed by atoms with van der Waals surface area (Å²) < 4.78 is 15.5. The largest absolute Gasteiger partial charge is 0.493 e. The fourth-order valence-electron chi connectivity index (χ4n) is 2.14. The van der Waals surface area contributed by atoms with Crippen molar-refractivity contribution < 1.29 is 23.8 Å². The van der Waals surface area contributed by atoms with Crippen LogP contribution in [0.25, 0.3) is 0 Å². The SMILES string of the molecule is CCOC(=O)C(=O)c1cc(OC)c2c(c1Cl)CC(C)O2. The molecule has 0 spiro atoms. The first-order valence-electron chi connectivity index (χ1n) is 6.27. The van der Waals surface area contributed by atoms with Crippen LogP contribution in [0.15, 0.2) is 6.07 Å². The summed E-state index contributed by atoms with van der Waals surface area (Å²) in [6.07, 6.45) is 0.512. The Balaban J connectivity index is 2.48. The molecular weight excluding hydrogens is 284 g/mol. The first kappa shape index (κ1) is 14.7. The molecule has 0 N–H and O–H groups in total. The van der Waals surface area contributed by atoms with E-state index in [2.05, 4.69) is 0 Å². The lowest BCUT2D eigenvalue weighted by molar-refractivity contribution is -0.137. The molecule has 108 valence electrons. The molecule has 0 amide bonds. The standard InChI is InChI=1S/C14H15ClO5/c1-4-19-14(17)12(16)8-6-10(18-3)13-9(11(8)15)5-7(2)20-13/h6-7H,4-5H2,1-3H3. The highest BCUT2D eigenvalue weighted by Gasteiger charge is 2.31. The second kappa shape index (κ2) is 5.71. The molecule has 6 heteroatoms. The van der Waals surface area contributed by atoms with E-state index in [4.69, 9.17) is 25.8 Å². The van der Waals surface area contributed by atoms with Crippen LogP contribution in [0.4, 0.5) is 0 Å². The van der Waals surface area contributed by atoms with Crippen molar-refractivity contribution in [2.24, 2.45) is 0 Å². The van der Waals surface area contributed by atoms with E-state index in [1.54, 1.807) is 6.92 Å². The Labute approximate surface area is 121 Å². The zero-order valence-corrected chi connectivity index (χ0v) is 12.2. The fourth-order valence-corrected chi connectivity index (χ4v) is 2.44. The quantitative estimate of drug-likeness (QED) is 0.485. The van der Waals surface area contributed by atoms with Crippen LogP contribution in [0, 0.1) is 0 Å². The molecule has 1 aromatic carbocycles. The summed E-state index contributed by atoms with van der Waals surface area (Å²) in [6.45, 7) is 3.65. The Bertz CT molecular complexity index is 567. The van der Waals surface area contributed by atoms with Crippen molar-refractivity contribution in [3.8, 4) is 11.5 Å². The third kappa shape index (κ3) is 2.45. The Morgan fingerprint density at radius 3 is 2.80 bits per heavy atom. The molecular formula is C14H15ClO5. The molecule has 0 aliphatic carbocycles. The molecule has 1 heterocycles. The summed E-state index contributed by atoms with van der Waals surface area (Å²) in [5.74, 6) is -0.785. The number of hydrogen-bond acceptors (Lipinski definition) is 5. The van der Waals surface area contributed by atoms with E-state index in [0.717, 1.165) is 0 Å².